The minimum Gasteiger partial charge on any atom is -0.345 e. The molecule has 7 heteroatoms. The second-order valence-electron chi connectivity index (χ2n) is 5.82. The summed E-state index contributed by atoms with van der Waals surface area (Å²) in [6.45, 7) is 0. The van der Waals surface area contributed by atoms with Gasteiger partial charge in [0.25, 0.3) is 0 Å². The van der Waals surface area contributed by atoms with E-state index in [1.165, 1.54) is 0 Å². The van der Waals surface area contributed by atoms with E-state index in [0.29, 0.717) is 25.8 Å². The van der Waals surface area contributed by atoms with E-state index in [-0.39, 0.29) is 0 Å². The standard InChI is InChI=1S/C20H12Cl3N3S/c21-12-4-7-14(8-5-12)24-20(27)19-18(15-11-13(22)6-9-16(15)23)25-17-3-1-2-10-26(17)19/h1-11H,(H,24,27). The number of rotatable bonds is 3. The average Bonchev–Trinajstić information content (AvgIpc) is 3.05. The van der Waals surface area contributed by atoms with Crippen LogP contribution >= 0.6 is 47.0 Å². The van der Waals surface area contributed by atoms with Crippen LogP contribution in [-0.2, 0) is 0 Å². The lowest BCUT2D eigenvalue weighted by Gasteiger charge is -2.11. The molecule has 0 amide bonds. The second kappa shape index (κ2) is 7.49. The van der Waals surface area contributed by atoms with Gasteiger partial charge in [-0.2, -0.15) is 0 Å². The zero-order valence-electron chi connectivity index (χ0n) is 13.8. The number of aromatic nitrogens is 2. The maximum absolute atomic E-state index is 6.43. The van der Waals surface area contributed by atoms with Crippen LogP contribution in [-0.4, -0.2) is 14.4 Å². The largest absolute Gasteiger partial charge is 0.345 e. The zero-order chi connectivity index (χ0) is 19.0. The summed E-state index contributed by atoms with van der Waals surface area (Å²) < 4.78 is 1.93. The van der Waals surface area contributed by atoms with Gasteiger partial charge in [-0.25, -0.2) is 4.98 Å². The first-order valence-electron chi connectivity index (χ1n) is 8.02. The molecule has 27 heavy (non-hydrogen) atoms. The molecule has 0 atom stereocenters. The smallest absolute Gasteiger partial charge is 0.138 e. The van der Waals surface area contributed by atoms with Gasteiger partial charge < -0.3 is 5.32 Å². The highest BCUT2D eigenvalue weighted by atomic mass is 35.5. The van der Waals surface area contributed by atoms with Crippen LogP contribution in [0, 0.1) is 0 Å². The van der Waals surface area contributed by atoms with Crippen molar-refractivity contribution in [2.24, 2.45) is 0 Å². The predicted octanol–water partition coefficient (Wildman–Crippen LogP) is 6.75. The lowest BCUT2D eigenvalue weighted by molar-refractivity contribution is 1.17. The average molecular weight is 433 g/mol. The zero-order valence-corrected chi connectivity index (χ0v) is 16.9. The fourth-order valence-corrected chi connectivity index (χ4v) is 3.62. The highest BCUT2D eigenvalue weighted by Crippen LogP contribution is 2.33. The third-order valence-corrected chi connectivity index (χ3v) is 5.14. The van der Waals surface area contributed by atoms with Crippen molar-refractivity contribution >= 4 is 63.3 Å². The lowest BCUT2D eigenvalue weighted by atomic mass is 10.1. The maximum Gasteiger partial charge on any atom is 0.138 e. The SMILES string of the molecule is S=C(Nc1ccc(Cl)cc1)c1c(-c2cc(Cl)ccc2Cl)nc2ccccn12. The van der Waals surface area contributed by atoms with Crippen LogP contribution in [0.15, 0.2) is 66.9 Å². The Labute approximate surface area is 176 Å². The minimum atomic E-state index is 0.516. The Bertz CT molecular complexity index is 1150. The molecule has 0 aliphatic carbocycles. The van der Waals surface area contributed by atoms with Crippen LogP contribution in [0.5, 0.6) is 0 Å². The van der Waals surface area contributed by atoms with Crippen LogP contribution in [0.25, 0.3) is 16.9 Å². The summed E-state index contributed by atoms with van der Waals surface area (Å²) in [5.74, 6) is 0. The van der Waals surface area contributed by atoms with Crippen LogP contribution in [0.3, 0.4) is 0 Å². The number of hydrogen-bond acceptors (Lipinski definition) is 2. The molecule has 0 unspecified atom stereocenters. The first-order valence-corrected chi connectivity index (χ1v) is 9.56. The number of fused-ring (bicyclic) bond motifs is 1. The molecule has 1 N–H and O–H groups in total. The Morgan fingerprint density at radius 3 is 2.44 bits per heavy atom. The second-order valence-corrected chi connectivity index (χ2v) is 7.51. The van der Waals surface area contributed by atoms with E-state index in [4.69, 9.17) is 52.0 Å². The van der Waals surface area contributed by atoms with Crippen molar-refractivity contribution < 1.29 is 0 Å². The van der Waals surface area contributed by atoms with Crippen molar-refractivity contribution in [1.82, 2.24) is 9.38 Å². The summed E-state index contributed by atoms with van der Waals surface area (Å²) >= 11 is 24.3. The molecular weight excluding hydrogens is 421 g/mol. The fraction of sp³-hybridized carbons (Fsp3) is 0. The van der Waals surface area contributed by atoms with Crippen LogP contribution in [0.4, 0.5) is 5.69 Å². The first-order chi connectivity index (χ1) is 13.0. The molecule has 0 fully saturated rings. The van der Waals surface area contributed by atoms with E-state index in [2.05, 4.69) is 5.32 Å². The van der Waals surface area contributed by atoms with Gasteiger partial charge in [-0.1, -0.05) is 53.1 Å². The molecule has 2 heterocycles. The third kappa shape index (κ3) is 3.66. The quantitative estimate of drug-likeness (QED) is 0.363. The highest BCUT2D eigenvalue weighted by molar-refractivity contribution is 7.81. The topological polar surface area (TPSA) is 29.3 Å². The molecule has 0 saturated carbocycles. The van der Waals surface area contributed by atoms with Crippen molar-refractivity contribution in [3.05, 3.63) is 87.6 Å². The molecule has 134 valence electrons. The number of benzene rings is 2. The summed E-state index contributed by atoms with van der Waals surface area (Å²) in [4.78, 5) is 5.25. The van der Waals surface area contributed by atoms with Crippen LogP contribution < -0.4 is 5.32 Å². The Hall–Kier alpha value is -2.11. The van der Waals surface area contributed by atoms with Crippen molar-refractivity contribution in [2.45, 2.75) is 0 Å². The van der Waals surface area contributed by atoms with Gasteiger partial charge in [-0.3, -0.25) is 4.40 Å². The Kier molecular flexibility index (Phi) is 5.06. The van der Waals surface area contributed by atoms with Crippen LogP contribution in [0.2, 0.25) is 15.1 Å². The summed E-state index contributed by atoms with van der Waals surface area (Å²) in [5, 5.41) is 5.04. The number of nitrogens with zero attached hydrogens (tertiary/aromatic N) is 2. The van der Waals surface area contributed by atoms with Gasteiger partial charge in [0.15, 0.2) is 0 Å². The Morgan fingerprint density at radius 2 is 1.67 bits per heavy atom. The van der Waals surface area contributed by atoms with Gasteiger partial charge in [-0.05, 0) is 54.6 Å². The van der Waals surface area contributed by atoms with Crippen molar-refractivity contribution in [3.8, 4) is 11.3 Å². The summed E-state index contributed by atoms with van der Waals surface area (Å²) in [7, 11) is 0. The molecule has 0 aliphatic heterocycles. The number of halogens is 3. The van der Waals surface area contributed by atoms with E-state index < -0.39 is 0 Å². The van der Waals surface area contributed by atoms with Gasteiger partial charge in [0.05, 0.1) is 5.02 Å². The molecule has 0 bridgehead atoms. The molecule has 3 nitrogen and oxygen atoms in total. The maximum atomic E-state index is 6.43. The predicted molar refractivity (Wildman–Crippen MR) is 117 cm³/mol. The molecule has 0 aliphatic rings. The van der Waals surface area contributed by atoms with Gasteiger partial charge in [-0.15, -0.1) is 0 Å². The molecule has 0 saturated heterocycles. The molecular formula is C20H12Cl3N3S. The molecule has 0 spiro atoms. The number of imidazole rings is 1. The Morgan fingerprint density at radius 1 is 0.926 bits per heavy atom. The fourth-order valence-electron chi connectivity index (χ4n) is 2.80. The van der Waals surface area contributed by atoms with Gasteiger partial charge >= 0.3 is 0 Å². The van der Waals surface area contributed by atoms with Crippen LogP contribution in [0.1, 0.15) is 5.69 Å². The molecule has 2 aromatic heterocycles. The van der Waals surface area contributed by atoms with E-state index >= 15 is 0 Å². The number of thiocarbonyl (C=S) groups is 1. The van der Waals surface area contributed by atoms with E-state index in [9.17, 15) is 0 Å². The Balaban J connectivity index is 1.86. The van der Waals surface area contributed by atoms with Crippen molar-refractivity contribution in [2.75, 3.05) is 5.32 Å². The normalized spacial score (nSPS) is 10.9. The number of nitrogens with one attached hydrogen (secondary N) is 1. The van der Waals surface area contributed by atoms with E-state index in [1.807, 2.05) is 40.9 Å². The first kappa shape index (κ1) is 18.3. The van der Waals surface area contributed by atoms with Crippen molar-refractivity contribution in [1.29, 1.82) is 0 Å². The molecule has 4 rings (SSSR count). The van der Waals surface area contributed by atoms with E-state index in [1.54, 1.807) is 30.3 Å². The number of anilines is 1. The monoisotopic (exact) mass is 431 g/mol. The third-order valence-electron chi connectivity index (χ3n) is 4.03. The highest BCUT2D eigenvalue weighted by Gasteiger charge is 2.20. The number of hydrogen-bond donors (Lipinski definition) is 1. The summed E-state index contributed by atoms with van der Waals surface area (Å²) in [5.41, 5.74) is 3.72. The lowest BCUT2D eigenvalue weighted by Crippen LogP contribution is -2.14. The number of pyridine rings is 1. The van der Waals surface area contributed by atoms with Gasteiger partial charge in [0.2, 0.25) is 0 Å². The molecule has 2 aromatic carbocycles. The van der Waals surface area contributed by atoms with Gasteiger partial charge in [0.1, 0.15) is 22.0 Å². The molecule has 4 aromatic rings. The minimum absolute atomic E-state index is 0.516. The van der Waals surface area contributed by atoms with Gasteiger partial charge in [0, 0.05) is 27.5 Å². The van der Waals surface area contributed by atoms with Crippen molar-refractivity contribution in [3.63, 3.8) is 0 Å². The van der Waals surface area contributed by atoms with E-state index in [0.717, 1.165) is 22.6 Å². The summed E-state index contributed by atoms with van der Waals surface area (Å²) in [6, 6.07) is 18.4. The molecule has 0 radical (unpaired) electrons. The summed E-state index contributed by atoms with van der Waals surface area (Å²) in [6.07, 6.45) is 1.91.